The minimum atomic E-state index is -3.58. The third-order valence-electron chi connectivity index (χ3n) is 5.82. The van der Waals surface area contributed by atoms with E-state index in [2.05, 4.69) is 4.72 Å². The van der Waals surface area contributed by atoms with E-state index in [1.807, 2.05) is 0 Å². The van der Waals surface area contributed by atoms with Crippen molar-refractivity contribution >= 4 is 33.9 Å². The fourth-order valence-electron chi connectivity index (χ4n) is 4.09. The van der Waals surface area contributed by atoms with E-state index in [0.29, 0.717) is 0 Å². The Morgan fingerprint density at radius 1 is 0.732 bits per heavy atom. The van der Waals surface area contributed by atoms with Gasteiger partial charge < -0.3 is 28.4 Å². The van der Waals surface area contributed by atoms with Crippen LogP contribution in [0, 0.1) is 0 Å². The average molecular weight is 594 g/mol. The van der Waals surface area contributed by atoms with Crippen LogP contribution in [-0.2, 0) is 52.9 Å². The van der Waals surface area contributed by atoms with E-state index < -0.39 is 64.6 Å². The van der Waals surface area contributed by atoms with Crippen molar-refractivity contribution in [3.05, 3.63) is 48.5 Å². The first-order valence-corrected chi connectivity index (χ1v) is 13.9. The molecule has 0 saturated carbocycles. The second kappa shape index (κ2) is 13.6. The molecule has 3 rings (SSSR count). The molecule has 1 fully saturated rings. The zero-order valence-electron chi connectivity index (χ0n) is 23.0. The van der Waals surface area contributed by atoms with Gasteiger partial charge in [-0.25, -0.2) is 13.1 Å². The number of benzene rings is 2. The minimum Gasteiger partial charge on any atom is -0.463 e. The van der Waals surface area contributed by atoms with Gasteiger partial charge in [-0.3, -0.25) is 19.2 Å². The van der Waals surface area contributed by atoms with E-state index >= 15 is 0 Å². The van der Waals surface area contributed by atoms with Gasteiger partial charge in [-0.05, 0) is 42.4 Å². The largest absolute Gasteiger partial charge is 0.463 e. The monoisotopic (exact) mass is 593 g/mol. The lowest BCUT2D eigenvalue weighted by Crippen LogP contribution is -2.63. The lowest BCUT2D eigenvalue weighted by Gasteiger charge is -2.43. The summed E-state index contributed by atoms with van der Waals surface area (Å²) in [5.41, 5.74) is 1.48. The van der Waals surface area contributed by atoms with Crippen LogP contribution in [0.5, 0.6) is 5.75 Å². The Bertz CT molecular complexity index is 1360. The molecular weight excluding hydrogens is 562 g/mol. The summed E-state index contributed by atoms with van der Waals surface area (Å²) >= 11 is 0. The Morgan fingerprint density at radius 2 is 1.22 bits per heavy atom. The molecule has 0 spiro atoms. The van der Waals surface area contributed by atoms with E-state index in [-0.39, 0.29) is 17.3 Å². The van der Waals surface area contributed by atoms with Crippen molar-refractivity contribution in [1.82, 2.24) is 4.72 Å². The summed E-state index contributed by atoms with van der Waals surface area (Å²) < 4.78 is 59.3. The summed E-state index contributed by atoms with van der Waals surface area (Å²) in [6.07, 6.45) is -6.53. The Kier molecular flexibility index (Phi) is 10.4. The highest BCUT2D eigenvalue weighted by Gasteiger charge is 2.53. The number of nitrogens with one attached hydrogen (secondary N) is 1. The molecule has 1 saturated heterocycles. The maximum atomic E-state index is 12.0. The van der Waals surface area contributed by atoms with E-state index in [4.69, 9.17) is 28.4 Å². The maximum Gasteiger partial charge on any atom is 0.303 e. The van der Waals surface area contributed by atoms with Gasteiger partial charge in [0.1, 0.15) is 18.5 Å². The van der Waals surface area contributed by atoms with Crippen LogP contribution < -0.4 is 9.46 Å². The predicted octanol–water partition coefficient (Wildman–Crippen LogP) is 1.72. The number of sulfonamides is 1. The van der Waals surface area contributed by atoms with Crippen molar-refractivity contribution < 1.29 is 56.0 Å². The zero-order valence-corrected chi connectivity index (χ0v) is 23.8. The van der Waals surface area contributed by atoms with Gasteiger partial charge in [0.2, 0.25) is 22.4 Å². The van der Waals surface area contributed by atoms with Crippen LogP contribution in [0.1, 0.15) is 27.7 Å². The van der Waals surface area contributed by atoms with Crippen molar-refractivity contribution in [2.75, 3.05) is 13.7 Å². The van der Waals surface area contributed by atoms with Crippen molar-refractivity contribution in [2.45, 2.75) is 63.3 Å². The molecule has 0 radical (unpaired) electrons. The van der Waals surface area contributed by atoms with E-state index in [0.717, 1.165) is 31.9 Å². The predicted molar refractivity (Wildman–Crippen MR) is 141 cm³/mol. The molecule has 0 bridgehead atoms. The van der Waals surface area contributed by atoms with E-state index in [1.54, 1.807) is 36.4 Å². The molecule has 1 N–H and O–H groups in total. The van der Waals surface area contributed by atoms with Crippen LogP contribution in [0.3, 0.4) is 0 Å². The summed E-state index contributed by atoms with van der Waals surface area (Å²) in [5.74, 6) is -2.61. The number of hydrogen-bond acceptors (Lipinski definition) is 12. The normalized spacial score (nSPS) is 22.2. The summed E-state index contributed by atoms with van der Waals surface area (Å²) in [4.78, 5) is 47.4. The van der Waals surface area contributed by atoms with E-state index in [1.165, 1.54) is 26.1 Å². The molecule has 13 nitrogen and oxygen atoms in total. The minimum absolute atomic E-state index is 0.118. The molecule has 222 valence electrons. The first kappa shape index (κ1) is 31.5. The molecular formula is C27H31NO12S. The number of ether oxygens (including phenoxy) is 6. The molecule has 2 aromatic carbocycles. The topological polar surface area (TPSA) is 170 Å². The van der Waals surface area contributed by atoms with Crippen LogP contribution in [-0.4, -0.2) is 76.7 Å². The standard InChI is InChI=1S/C27H31NO12S/c1-15(29)35-14-23-24(36-16(2)30)25(37-17(3)31)26(38-18(4)32)27(40-23)39-21-10-6-19(7-11-21)20-8-12-22(13-9-20)41(33,34)28-5/h6-13,23-28H,14H2,1-5H3/t23-,24-,25+,26+,27+/m1/s1. The smallest absolute Gasteiger partial charge is 0.303 e. The first-order chi connectivity index (χ1) is 19.3. The maximum absolute atomic E-state index is 12.0. The van der Waals surface area contributed by atoms with Crippen LogP contribution in [0.15, 0.2) is 53.4 Å². The lowest BCUT2D eigenvalue weighted by molar-refractivity contribution is -0.288. The number of rotatable bonds is 10. The Morgan fingerprint density at radius 3 is 1.71 bits per heavy atom. The SMILES string of the molecule is CNS(=O)(=O)c1ccc(-c2ccc(O[C@H]3O[C@H](COC(C)=O)[C@@H](OC(C)=O)[C@H](OC(C)=O)[C@@H]3OC(C)=O)cc2)cc1. The molecule has 0 amide bonds. The average Bonchev–Trinajstić information content (AvgIpc) is 2.90. The quantitative estimate of drug-likeness (QED) is 0.313. The Hall–Kier alpha value is -4.01. The van der Waals surface area contributed by atoms with Gasteiger partial charge in [-0.2, -0.15) is 0 Å². The molecule has 1 aliphatic rings. The highest BCUT2D eigenvalue weighted by molar-refractivity contribution is 7.89. The molecule has 5 atom stereocenters. The first-order valence-electron chi connectivity index (χ1n) is 12.4. The zero-order chi connectivity index (χ0) is 30.3. The van der Waals surface area contributed by atoms with Crippen LogP contribution >= 0.6 is 0 Å². The van der Waals surface area contributed by atoms with Gasteiger partial charge in [-0.15, -0.1) is 0 Å². The molecule has 0 aromatic heterocycles. The molecule has 0 unspecified atom stereocenters. The van der Waals surface area contributed by atoms with Gasteiger partial charge in [0, 0.05) is 27.7 Å². The van der Waals surface area contributed by atoms with Crippen molar-refractivity contribution in [3.63, 3.8) is 0 Å². The Labute approximate surface area is 237 Å². The van der Waals surface area contributed by atoms with Gasteiger partial charge >= 0.3 is 23.9 Å². The van der Waals surface area contributed by atoms with Gasteiger partial charge in [-0.1, -0.05) is 24.3 Å². The van der Waals surface area contributed by atoms with Gasteiger partial charge in [0.25, 0.3) is 0 Å². The molecule has 1 aliphatic heterocycles. The summed E-state index contributed by atoms with van der Waals surface area (Å²) in [5, 5.41) is 0. The number of hydrogen-bond donors (Lipinski definition) is 1. The van der Waals surface area contributed by atoms with Crippen molar-refractivity contribution in [2.24, 2.45) is 0 Å². The molecule has 14 heteroatoms. The highest BCUT2D eigenvalue weighted by Crippen LogP contribution is 2.32. The van der Waals surface area contributed by atoms with Crippen molar-refractivity contribution in [1.29, 1.82) is 0 Å². The molecule has 0 aliphatic carbocycles. The van der Waals surface area contributed by atoms with Gasteiger partial charge in [0.15, 0.2) is 12.2 Å². The summed E-state index contributed by atoms with van der Waals surface area (Å²) in [6.45, 7) is 4.19. The van der Waals surface area contributed by atoms with Crippen LogP contribution in [0.4, 0.5) is 0 Å². The van der Waals surface area contributed by atoms with Crippen LogP contribution in [0.2, 0.25) is 0 Å². The third-order valence-corrected chi connectivity index (χ3v) is 7.25. The number of carbonyl (C=O) groups excluding carboxylic acids is 4. The molecule has 41 heavy (non-hydrogen) atoms. The number of carbonyl (C=O) groups is 4. The van der Waals surface area contributed by atoms with E-state index in [9.17, 15) is 27.6 Å². The van der Waals surface area contributed by atoms with Crippen LogP contribution in [0.25, 0.3) is 11.1 Å². The van der Waals surface area contributed by atoms with Crippen molar-refractivity contribution in [3.8, 4) is 16.9 Å². The molecule has 1 heterocycles. The fraction of sp³-hybridized carbons (Fsp3) is 0.407. The second-order valence-corrected chi connectivity index (χ2v) is 10.8. The summed E-state index contributed by atoms with van der Waals surface area (Å²) in [6, 6.07) is 12.9. The fourth-order valence-corrected chi connectivity index (χ4v) is 4.82. The molecule has 2 aromatic rings. The lowest BCUT2D eigenvalue weighted by atomic mass is 9.98. The Balaban J connectivity index is 1.90. The highest BCUT2D eigenvalue weighted by atomic mass is 32.2. The second-order valence-electron chi connectivity index (χ2n) is 8.94. The summed E-state index contributed by atoms with van der Waals surface area (Å²) in [7, 11) is -2.25. The van der Waals surface area contributed by atoms with Gasteiger partial charge in [0.05, 0.1) is 4.90 Å². The number of esters is 4. The third kappa shape index (κ3) is 8.49.